The van der Waals surface area contributed by atoms with Crippen molar-refractivity contribution in [3.63, 3.8) is 0 Å². The molecular formula is C5BCl2N3. The van der Waals surface area contributed by atoms with Crippen molar-refractivity contribution in [2.45, 2.75) is 0 Å². The predicted octanol–water partition coefficient (Wildman–Crippen LogP) is 0.449. The molecule has 0 saturated carbocycles. The lowest BCUT2D eigenvalue weighted by Gasteiger charge is -1.97. The van der Waals surface area contributed by atoms with Crippen molar-refractivity contribution in [3.8, 4) is 6.07 Å². The summed E-state index contributed by atoms with van der Waals surface area (Å²) in [5.41, 5.74) is 0.00142. The molecule has 0 aliphatic carbocycles. The number of aromatic nitrogens is 2. The molecule has 0 unspecified atom stereocenters. The van der Waals surface area contributed by atoms with Crippen LogP contribution in [-0.4, -0.2) is 17.8 Å². The van der Waals surface area contributed by atoms with Crippen molar-refractivity contribution >= 4 is 36.6 Å². The van der Waals surface area contributed by atoms with E-state index in [9.17, 15) is 0 Å². The molecule has 2 radical (unpaired) electrons. The Balaban J connectivity index is 3.35. The van der Waals surface area contributed by atoms with Crippen molar-refractivity contribution in [1.82, 2.24) is 9.97 Å². The normalized spacial score (nSPS) is 9.18. The fourth-order valence-electron chi connectivity index (χ4n) is 0.478. The summed E-state index contributed by atoms with van der Waals surface area (Å²) in [6.45, 7) is 0. The highest BCUT2D eigenvalue weighted by molar-refractivity contribution is 6.43. The molecule has 11 heavy (non-hydrogen) atoms. The Kier molecular flexibility index (Phi) is 2.33. The Bertz CT molecular complexity index is 333. The summed E-state index contributed by atoms with van der Waals surface area (Å²) < 4.78 is 0. The van der Waals surface area contributed by atoms with Crippen molar-refractivity contribution in [2.24, 2.45) is 0 Å². The van der Waals surface area contributed by atoms with E-state index in [1.807, 2.05) is 0 Å². The molecule has 0 aromatic carbocycles. The van der Waals surface area contributed by atoms with Gasteiger partial charge in [-0.15, -0.1) is 0 Å². The molecule has 0 aliphatic rings. The topological polar surface area (TPSA) is 49.6 Å². The second kappa shape index (κ2) is 3.08. The van der Waals surface area contributed by atoms with Gasteiger partial charge in [-0.1, -0.05) is 23.2 Å². The predicted molar refractivity (Wildman–Crippen MR) is 42.2 cm³/mol. The van der Waals surface area contributed by atoms with Crippen LogP contribution in [0, 0.1) is 11.3 Å². The molecule has 1 rings (SSSR count). The summed E-state index contributed by atoms with van der Waals surface area (Å²) in [6.07, 6.45) is 0. The third-order valence-corrected chi connectivity index (χ3v) is 1.48. The van der Waals surface area contributed by atoms with Crippen LogP contribution in [0.25, 0.3) is 0 Å². The minimum absolute atomic E-state index is 0.00838. The van der Waals surface area contributed by atoms with Crippen LogP contribution in [0.5, 0.6) is 0 Å². The molecule has 0 bridgehead atoms. The maximum absolute atomic E-state index is 8.40. The van der Waals surface area contributed by atoms with E-state index in [-0.39, 0.29) is 21.6 Å². The number of rotatable bonds is 0. The van der Waals surface area contributed by atoms with E-state index in [0.29, 0.717) is 0 Å². The zero-order valence-electron chi connectivity index (χ0n) is 5.17. The first-order chi connectivity index (χ1) is 5.15. The van der Waals surface area contributed by atoms with Crippen LogP contribution in [0.1, 0.15) is 5.69 Å². The van der Waals surface area contributed by atoms with E-state index in [1.165, 1.54) is 0 Å². The lowest BCUT2D eigenvalue weighted by molar-refractivity contribution is 1.20. The lowest BCUT2D eigenvalue weighted by Crippen LogP contribution is -2.12. The number of halogens is 2. The zero-order chi connectivity index (χ0) is 8.43. The first-order valence-electron chi connectivity index (χ1n) is 2.53. The first kappa shape index (κ1) is 8.31. The molecule has 0 saturated heterocycles. The minimum Gasteiger partial charge on any atom is -0.247 e. The molecular weight excluding hydrogens is 184 g/mol. The Hall–Kier alpha value is -0.785. The highest BCUT2D eigenvalue weighted by Gasteiger charge is 2.05. The second-order valence-corrected chi connectivity index (χ2v) is 2.37. The van der Waals surface area contributed by atoms with Crippen LogP contribution >= 0.6 is 23.2 Å². The Morgan fingerprint density at radius 1 is 1.27 bits per heavy atom. The van der Waals surface area contributed by atoms with Gasteiger partial charge in [-0.25, -0.2) is 9.97 Å². The number of hydrogen-bond acceptors (Lipinski definition) is 3. The molecule has 0 spiro atoms. The van der Waals surface area contributed by atoms with Gasteiger partial charge in [0.25, 0.3) is 0 Å². The number of nitriles is 1. The van der Waals surface area contributed by atoms with Gasteiger partial charge < -0.3 is 0 Å². The first-order valence-corrected chi connectivity index (χ1v) is 3.29. The molecule has 52 valence electrons. The Morgan fingerprint density at radius 2 is 1.91 bits per heavy atom. The van der Waals surface area contributed by atoms with E-state index in [4.69, 9.17) is 36.3 Å². The average molecular weight is 184 g/mol. The van der Waals surface area contributed by atoms with E-state index in [0.717, 1.165) is 0 Å². The summed E-state index contributed by atoms with van der Waals surface area (Å²) in [7, 11) is 5.24. The van der Waals surface area contributed by atoms with Crippen molar-refractivity contribution in [2.75, 3.05) is 0 Å². The summed E-state index contributed by atoms with van der Waals surface area (Å²) >= 11 is 10.9. The highest BCUT2D eigenvalue weighted by Crippen LogP contribution is 2.09. The maximum atomic E-state index is 8.40. The summed E-state index contributed by atoms with van der Waals surface area (Å²) in [4.78, 5) is 7.15. The molecule has 1 heterocycles. The Morgan fingerprint density at radius 3 is 2.45 bits per heavy atom. The molecule has 3 nitrogen and oxygen atoms in total. The number of hydrogen-bond donors (Lipinski definition) is 0. The van der Waals surface area contributed by atoms with E-state index in [1.54, 1.807) is 6.07 Å². The van der Waals surface area contributed by atoms with Gasteiger partial charge in [-0.2, -0.15) is 5.26 Å². The molecule has 1 aromatic rings. The smallest absolute Gasteiger partial charge is 0.179 e. The molecule has 6 heteroatoms. The minimum atomic E-state index is -0.0330. The second-order valence-electron chi connectivity index (χ2n) is 1.65. The monoisotopic (exact) mass is 183 g/mol. The fourth-order valence-corrected chi connectivity index (χ4v) is 0.780. The van der Waals surface area contributed by atoms with Gasteiger partial charge in [0.1, 0.15) is 19.1 Å². The van der Waals surface area contributed by atoms with Crippen LogP contribution < -0.4 is 5.59 Å². The fraction of sp³-hybridized carbons (Fsp3) is 0. The van der Waals surface area contributed by atoms with Gasteiger partial charge in [0.2, 0.25) is 0 Å². The highest BCUT2D eigenvalue weighted by atomic mass is 35.5. The van der Waals surface area contributed by atoms with Gasteiger partial charge in [0, 0.05) is 5.59 Å². The maximum Gasteiger partial charge on any atom is 0.179 e. The molecule has 0 amide bonds. The third kappa shape index (κ3) is 1.62. The van der Waals surface area contributed by atoms with Crippen molar-refractivity contribution in [1.29, 1.82) is 5.26 Å². The average Bonchev–Trinajstić information content (AvgIpc) is 1.97. The van der Waals surface area contributed by atoms with Gasteiger partial charge in [0.05, 0.1) is 0 Å². The van der Waals surface area contributed by atoms with Gasteiger partial charge >= 0.3 is 0 Å². The van der Waals surface area contributed by atoms with Crippen LogP contribution in [-0.2, 0) is 0 Å². The summed E-state index contributed by atoms with van der Waals surface area (Å²) in [6, 6.07) is 1.72. The molecule has 0 N–H and O–H groups in total. The van der Waals surface area contributed by atoms with Gasteiger partial charge in [0.15, 0.2) is 10.8 Å². The van der Waals surface area contributed by atoms with Crippen molar-refractivity contribution in [3.05, 3.63) is 16.0 Å². The third-order valence-electron chi connectivity index (χ3n) is 0.941. The SMILES string of the molecule is [B]c1nc(Cl)c(C#N)nc1Cl. The quantitative estimate of drug-likeness (QED) is 0.549. The standard InChI is InChI=1S/C5BCl2N3/c6-3-5(8)10-2(1-9)4(7)11-3. The lowest BCUT2D eigenvalue weighted by atomic mass is 10.1. The molecule has 0 atom stereocenters. The number of nitrogens with zero attached hydrogens (tertiary/aromatic N) is 3. The van der Waals surface area contributed by atoms with Crippen molar-refractivity contribution < 1.29 is 0 Å². The van der Waals surface area contributed by atoms with Gasteiger partial charge in [-0.05, 0) is 0 Å². The Labute approximate surface area is 74.4 Å². The van der Waals surface area contributed by atoms with E-state index >= 15 is 0 Å². The molecule has 0 aliphatic heterocycles. The van der Waals surface area contributed by atoms with Crippen LogP contribution in [0.2, 0.25) is 10.3 Å². The molecule has 1 aromatic heterocycles. The largest absolute Gasteiger partial charge is 0.247 e. The van der Waals surface area contributed by atoms with E-state index < -0.39 is 0 Å². The summed E-state index contributed by atoms with van der Waals surface area (Å²) in [5.74, 6) is 0. The van der Waals surface area contributed by atoms with Gasteiger partial charge in [-0.3, -0.25) is 0 Å². The molecule has 0 fully saturated rings. The van der Waals surface area contributed by atoms with Crippen LogP contribution in [0.4, 0.5) is 0 Å². The zero-order valence-corrected chi connectivity index (χ0v) is 6.69. The summed E-state index contributed by atoms with van der Waals surface area (Å²) in [5, 5.41) is 8.36. The van der Waals surface area contributed by atoms with Crippen LogP contribution in [0.3, 0.4) is 0 Å². The van der Waals surface area contributed by atoms with Crippen LogP contribution in [0.15, 0.2) is 0 Å². The van der Waals surface area contributed by atoms with E-state index in [2.05, 4.69) is 9.97 Å².